The molecule has 2 N–H and O–H groups in total. The minimum atomic E-state index is -0.519. The lowest BCUT2D eigenvalue weighted by atomic mass is 9.93. The van der Waals surface area contributed by atoms with Crippen molar-refractivity contribution in [1.29, 1.82) is 0 Å². The highest BCUT2D eigenvalue weighted by molar-refractivity contribution is 7.80. The number of carbonyl (C=O) groups is 1. The predicted octanol–water partition coefficient (Wildman–Crippen LogP) is 4.37. The van der Waals surface area contributed by atoms with Crippen LogP contribution in [0, 0.1) is 6.92 Å². The van der Waals surface area contributed by atoms with Gasteiger partial charge in [-0.05, 0) is 38.2 Å². The zero-order valence-corrected chi connectivity index (χ0v) is 18.8. The van der Waals surface area contributed by atoms with Gasteiger partial charge in [-0.15, -0.1) is 0 Å². The van der Waals surface area contributed by atoms with Crippen molar-refractivity contribution >= 4 is 23.3 Å². The van der Waals surface area contributed by atoms with Gasteiger partial charge in [-0.1, -0.05) is 60.7 Å². The molecule has 0 radical (unpaired) electrons. The summed E-state index contributed by atoms with van der Waals surface area (Å²) in [6.07, 6.45) is 3.48. The molecule has 2 aromatic carbocycles. The van der Waals surface area contributed by atoms with Gasteiger partial charge in [0.25, 0.3) is 0 Å². The van der Waals surface area contributed by atoms with Crippen LogP contribution in [0.2, 0.25) is 0 Å². The van der Waals surface area contributed by atoms with Gasteiger partial charge in [-0.3, -0.25) is 0 Å². The fourth-order valence-corrected chi connectivity index (χ4v) is 3.93. The summed E-state index contributed by atoms with van der Waals surface area (Å²) in [5, 5.41) is 11.6. The van der Waals surface area contributed by atoms with E-state index in [1.54, 1.807) is 6.08 Å². The minimum absolute atomic E-state index is 0.126. The van der Waals surface area contributed by atoms with Crippen LogP contribution in [0.1, 0.15) is 24.1 Å². The van der Waals surface area contributed by atoms with Crippen LogP contribution in [0.5, 0.6) is 0 Å². The second-order valence-electron chi connectivity index (χ2n) is 7.54. The lowest BCUT2D eigenvalue weighted by molar-refractivity contribution is -0.138. The molecule has 162 valence electrons. The Balaban J connectivity index is 1.88. The number of allylic oxidation sites excluding steroid dienone is 1. The number of hydrogen-bond acceptors (Lipinski definition) is 4. The Hall–Kier alpha value is -3.71. The first-order valence-electron chi connectivity index (χ1n) is 10.3. The van der Waals surface area contributed by atoms with E-state index in [0.717, 1.165) is 28.1 Å². The minimum Gasteiger partial charge on any atom is -0.458 e. The number of esters is 1. The molecule has 0 unspecified atom stereocenters. The van der Waals surface area contributed by atoms with Crippen LogP contribution >= 0.6 is 12.2 Å². The third-order valence-corrected chi connectivity index (χ3v) is 5.44. The van der Waals surface area contributed by atoms with Crippen molar-refractivity contribution < 1.29 is 9.53 Å². The second-order valence-corrected chi connectivity index (χ2v) is 7.94. The molecule has 1 aromatic heterocycles. The molecule has 0 fully saturated rings. The maximum absolute atomic E-state index is 12.9. The highest BCUT2D eigenvalue weighted by Gasteiger charge is 2.34. The van der Waals surface area contributed by atoms with E-state index in [2.05, 4.69) is 17.2 Å². The molecule has 0 aliphatic carbocycles. The molecule has 4 rings (SSSR count). The number of hydrogen-bond donors (Lipinski definition) is 2. The number of para-hydroxylation sites is 1. The SMILES string of the molecule is C=CCOC(=O)C1=C(C)NC(=S)N[C@@H]1c1cn(-c2ccccc2)nc1-c1ccc(C)cc1. The Morgan fingerprint density at radius 1 is 1.19 bits per heavy atom. The van der Waals surface area contributed by atoms with Crippen molar-refractivity contribution in [3.8, 4) is 16.9 Å². The molecule has 0 saturated heterocycles. The Kier molecular flexibility index (Phi) is 6.18. The summed E-state index contributed by atoms with van der Waals surface area (Å²) in [5.41, 5.74) is 5.72. The van der Waals surface area contributed by atoms with Crippen molar-refractivity contribution in [3.05, 3.63) is 95.8 Å². The van der Waals surface area contributed by atoms with E-state index < -0.39 is 12.0 Å². The van der Waals surface area contributed by atoms with Crippen molar-refractivity contribution in [2.75, 3.05) is 6.61 Å². The molecule has 32 heavy (non-hydrogen) atoms. The number of carbonyl (C=O) groups excluding carboxylic acids is 1. The average molecular weight is 445 g/mol. The standard InChI is InChI=1S/C25H24N4O2S/c1-4-14-31-24(30)21-17(3)26-25(32)27-23(21)20-15-29(19-8-6-5-7-9-19)28-22(20)18-12-10-16(2)11-13-18/h4-13,15,23H,1,14H2,2-3H3,(H2,26,27,32)/t23-/m1/s1. The van der Waals surface area contributed by atoms with Crippen molar-refractivity contribution in [1.82, 2.24) is 20.4 Å². The maximum atomic E-state index is 12.9. The number of aryl methyl sites for hydroxylation is 1. The number of ether oxygens (including phenoxy) is 1. The van der Waals surface area contributed by atoms with Crippen LogP contribution in [0.15, 0.2) is 84.7 Å². The van der Waals surface area contributed by atoms with Gasteiger partial charge >= 0.3 is 5.97 Å². The van der Waals surface area contributed by atoms with Gasteiger partial charge in [0, 0.05) is 23.0 Å². The number of nitrogens with zero attached hydrogens (tertiary/aromatic N) is 2. The Labute approximate surface area is 192 Å². The molecule has 0 amide bonds. The molecule has 6 nitrogen and oxygen atoms in total. The van der Waals surface area contributed by atoms with E-state index in [4.69, 9.17) is 22.1 Å². The van der Waals surface area contributed by atoms with E-state index >= 15 is 0 Å². The van der Waals surface area contributed by atoms with Gasteiger partial charge in [-0.25, -0.2) is 9.48 Å². The maximum Gasteiger partial charge on any atom is 0.338 e. The van der Waals surface area contributed by atoms with Crippen LogP contribution in [0.3, 0.4) is 0 Å². The van der Waals surface area contributed by atoms with Gasteiger partial charge in [0.1, 0.15) is 6.61 Å². The zero-order chi connectivity index (χ0) is 22.7. The number of aromatic nitrogens is 2. The number of nitrogens with one attached hydrogen (secondary N) is 2. The van der Waals surface area contributed by atoms with Gasteiger partial charge < -0.3 is 15.4 Å². The van der Waals surface area contributed by atoms with E-state index in [9.17, 15) is 4.79 Å². The molecule has 1 aliphatic heterocycles. The second kappa shape index (κ2) is 9.20. The topological polar surface area (TPSA) is 68.2 Å². The third-order valence-electron chi connectivity index (χ3n) is 5.22. The zero-order valence-electron chi connectivity index (χ0n) is 18.0. The van der Waals surface area contributed by atoms with Crippen LogP contribution in [-0.4, -0.2) is 27.5 Å². The summed E-state index contributed by atoms with van der Waals surface area (Å²) in [4.78, 5) is 12.9. The van der Waals surface area contributed by atoms with Crippen LogP contribution in [0.25, 0.3) is 16.9 Å². The molecule has 0 bridgehead atoms. The van der Waals surface area contributed by atoms with Gasteiger partial charge in [0.15, 0.2) is 5.11 Å². The molecule has 1 atom stereocenters. The molecule has 2 heterocycles. The molecule has 0 saturated carbocycles. The number of thiocarbonyl (C=S) groups is 1. The highest BCUT2D eigenvalue weighted by Crippen LogP contribution is 2.35. The number of benzene rings is 2. The van der Waals surface area contributed by atoms with Crippen LogP contribution < -0.4 is 10.6 Å². The predicted molar refractivity (Wildman–Crippen MR) is 129 cm³/mol. The summed E-state index contributed by atoms with van der Waals surface area (Å²) in [5.74, 6) is -0.433. The van der Waals surface area contributed by atoms with E-state index in [1.807, 2.05) is 79.3 Å². The van der Waals surface area contributed by atoms with Crippen molar-refractivity contribution in [2.45, 2.75) is 19.9 Å². The summed E-state index contributed by atoms with van der Waals surface area (Å²) >= 11 is 5.41. The van der Waals surface area contributed by atoms with E-state index in [1.165, 1.54) is 0 Å². The fraction of sp³-hybridized carbons (Fsp3) is 0.160. The first kappa shape index (κ1) is 21.5. The quantitative estimate of drug-likeness (QED) is 0.334. The molecule has 0 spiro atoms. The van der Waals surface area contributed by atoms with Crippen molar-refractivity contribution in [2.24, 2.45) is 0 Å². The Morgan fingerprint density at radius 2 is 1.91 bits per heavy atom. The summed E-state index contributed by atoms with van der Waals surface area (Å²) < 4.78 is 7.19. The lowest BCUT2D eigenvalue weighted by Gasteiger charge is -2.29. The highest BCUT2D eigenvalue weighted by atomic mass is 32.1. The third kappa shape index (κ3) is 4.33. The fourth-order valence-electron chi connectivity index (χ4n) is 3.66. The first-order valence-corrected chi connectivity index (χ1v) is 10.7. The molecular formula is C25H24N4O2S. The molecule has 7 heteroatoms. The molecule has 1 aliphatic rings. The monoisotopic (exact) mass is 444 g/mol. The molecular weight excluding hydrogens is 420 g/mol. The Morgan fingerprint density at radius 3 is 2.59 bits per heavy atom. The normalized spacial score (nSPS) is 15.7. The smallest absolute Gasteiger partial charge is 0.338 e. The summed E-state index contributed by atoms with van der Waals surface area (Å²) in [7, 11) is 0. The Bertz CT molecular complexity index is 1200. The van der Waals surface area contributed by atoms with Crippen molar-refractivity contribution in [3.63, 3.8) is 0 Å². The largest absolute Gasteiger partial charge is 0.458 e. The lowest BCUT2D eigenvalue weighted by Crippen LogP contribution is -2.45. The van der Waals surface area contributed by atoms with Gasteiger partial charge in [0.05, 0.1) is 23.0 Å². The number of rotatable bonds is 6. The van der Waals surface area contributed by atoms with E-state index in [0.29, 0.717) is 16.4 Å². The van der Waals surface area contributed by atoms with Gasteiger partial charge in [-0.2, -0.15) is 5.10 Å². The summed E-state index contributed by atoms with van der Waals surface area (Å²) in [6.45, 7) is 7.61. The van der Waals surface area contributed by atoms with Crippen LogP contribution in [-0.2, 0) is 9.53 Å². The first-order chi connectivity index (χ1) is 15.5. The van der Waals surface area contributed by atoms with Crippen LogP contribution in [0.4, 0.5) is 0 Å². The average Bonchev–Trinajstić information content (AvgIpc) is 3.23. The van der Waals surface area contributed by atoms with E-state index in [-0.39, 0.29) is 6.61 Å². The van der Waals surface area contributed by atoms with Gasteiger partial charge in [0.2, 0.25) is 0 Å². The molecule has 3 aromatic rings. The summed E-state index contributed by atoms with van der Waals surface area (Å²) in [6, 6.07) is 17.5.